The van der Waals surface area contributed by atoms with Gasteiger partial charge >= 0.3 is 0 Å². The minimum absolute atomic E-state index is 0.350. The molecular formula is C26H22ClN7O2. The van der Waals surface area contributed by atoms with Crippen LogP contribution >= 0.6 is 11.6 Å². The van der Waals surface area contributed by atoms with Gasteiger partial charge in [-0.25, -0.2) is 4.98 Å². The van der Waals surface area contributed by atoms with Crippen molar-refractivity contribution in [2.45, 2.75) is 11.6 Å². The first-order valence-electron chi connectivity index (χ1n) is 11.3. The van der Waals surface area contributed by atoms with Gasteiger partial charge in [0.05, 0.1) is 25.3 Å². The van der Waals surface area contributed by atoms with Crippen molar-refractivity contribution in [3.63, 3.8) is 0 Å². The lowest BCUT2D eigenvalue weighted by Crippen LogP contribution is -2.32. The Kier molecular flexibility index (Phi) is 5.24. The van der Waals surface area contributed by atoms with Gasteiger partial charge in [0.15, 0.2) is 5.60 Å². The molecule has 2 N–H and O–H groups in total. The van der Waals surface area contributed by atoms with Crippen LogP contribution in [0.4, 0.5) is 11.6 Å². The Morgan fingerprint density at radius 3 is 2.58 bits per heavy atom. The van der Waals surface area contributed by atoms with Crippen LogP contribution < -0.4 is 10.1 Å². The van der Waals surface area contributed by atoms with Crippen molar-refractivity contribution < 1.29 is 9.84 Å². The number of nitrogens with one attached hydrogen (secondary N) is 1. The summed E-state index contributed by atoms with van der Waals surface area (Å²) < 4.78 is 8.87. The standard InChI is InChI=1S/C26H22ClN7O2/c1-33-15-28-14-23(33)26(35,17-6-9-20(36-2)10-7-17)18-8-11-22-21(13-18)24(16-4-3-5-19(27)12-16)34-25(29-22)30-31-32-34/h3-15,24,35H,1-2H3,(H,29,30,32). The molecule has 3 heterocycles. The fourth-order valence-electron chi connectivity index (χ4n) is 4.83. The number of rotatable bonds is 5. The van der Waals surface area contributed by atoms with Crippen molar-refractivity contribution in [2.75, 3.05) is 12.4 Å². The van der Waals surface area contributed by atoms with Crippen molar-refractivity contribution >= 4 is 23.2 Å². The lowest BCUT2D eigenvalue weighted by Gasteiger charge is -2.33. The number of nitrogens with zero attached hydrogens (tertiary/aromatic N) is 6. The second kappa shape index (κ2) is 8.47. The highest BCUT2D eigenvalue weighted by atomic mass is 35.5. The monoisotopic (exact) mass is 499 g/mol. The van der Waals surface area contributed by atoms with Crippen LogP contribution in [0.1, 0.15) is 34.0 Å². The van der Waals surface area contributed by atoms with Crippen LogP contribution in [-0.4, -0.2) is 42.0 Å². The molecule has 0 radical (unpaired) electrons. The predicted molar refractivity (Wildman–Crippen MR) is 135 cm³/mol. The summed E-state index contributed by atoms with van der Waals surface area (Å²) in [5.41, 5.74) is 3.13. The van der Waals surface area contributed by atoms with Crippen molar-refractivity contribution in [1.82, 2.24) is 29.8 Å². The van der Waals surface area contributed by atoms with Gasteiger partial charge in [0.25, 0.3) is 0 Å². The third kappa shape index (κ3) is 3.43. The second-order valence-corrected chi connectivity index (χ2v) is 9.10. The van der Waals surface area contributed by atoms with E-state index in [0.29, 0.717) is 33.5 Å². The van der Waals surface area contributed by atoms with Gasteiger partial charge in [-0.1, -0.05) is 47.0 Å². The summed E-state index contributed by atoms with van der Waals surface area (Å²) in [6.07, 6.45) is 3.35. The Morgan fingerprint density at radius 2 is 1.86 bits per heavy atom. The van der Waals surface area contributed by atoms with Crippen LogP contribution in [0.25, 0.3) is 0 Å². The van der Waals surface area contributed by atoms with Crippen LogP contribution in [0.3, 0.4) is 0 Å². The zero-order valence-electron chi connectivity index (χ0n) is 19.5. The Morgan fingerprint density at radius 1 is 1.06 bits per heavy atom. The number of ether oxygens (including phenoxy) is 1. The Hall–Kier alpha value is -4.21. The normalized spacial score (nSPS) is 15.9. The van der Waals surface area contributed by atoms with E-state index in [-0.39, 0.29) is 6.04 Å². The highest BCUT2D eigenvalue weighted by Crippen LogP contribution is 2.43. The molecule has 0 saturated carbocycles. The SMILES string of the molecule is COc1ccc(C(O)(c2ccc3c(c2)C(c2cccc(Cl)c2)n2nnnc2N3)c2cncn2C)cc1. The molecule has 1 aliphatic heterocycles. The Balaban J connectivity index is 1.57. The molecule has 0 aliphatic carbocycles. The van der Waals surface area contributed by atoms with E-state index in [2.05, 4.69) is 25.8 Å². The fraction of sp³-hybridized carbons (Fsp3) is 0.154. The highest BCUT2D eigenvalue weighted by molar-refractivity contribution is 6.30. The average Bonchev–Trinajstić information content (AvgIpc) is 3.55. The molecule has 0 amide bonds. The lowest BCUT2D eigenvalue weighted by atomic mass is 9.81. The molecule has 6 rings (SSSR count). The van der Waals surface area contributed by atoms with Gasteiger partial charge in [-0.3, -0.25) is 0 Å². The molecule has 0 bridgehead atoms. The van der Waals surface area contributed by atoms with Gasteiger partial charge in [-0.05, 0) is 63.5 Å². The zero-order valence-corrected chi connectivity index (χ0v) is 20.3. The molecule has 9 nitrogen and oxygen atoms in total. The molecule has 10 heteroatoms. The maximum Gasteiger partial charge on any atom is 0.248 e. The van der Waals surface area contributed by atoms with Gasteiger partial charge < -0.3 is 19.7 Å². The van der Waals surface area contributed by atoms with Crippen LogP contribution in [0.15, 0.2) is 79.3 Å². The van der Waals surface area contributed by atoms with Gasteiger partial charge in [-0.2, -0.15) is 4.68 Å². The predicted octanol–water partition coefficient (Wildman–Crippen LogP) is 4.05. The average molecular weight is 500 g/mol. The number of hydrogen-bond donors (Lipinski definition) is 2. The summed E-state index contributed by atoms with van der Waals surface area (Å²) >= 11 is 6.35. The molecule has 1 aliphatic rings. The first-order chi connectivity index (χ1) is 17.5. The summed E-state index contributed by atoms with van der Waals surface area (Å²) in [4.78, 5) is 4.28. The van der Waals surface area contributed by atoms with E-state index in [1.165, 1.54) is 0 Å². The number of fused-ring (bicyclic) bond motifs is 2. The summed E-state index contributed by atoms with van der Waals surface area (Å²) in [5, 5.41) is 28.6. The first kappa shape index (κ1) is 22.3. The number of imidazole rings is 1. The maximum absolute atomic E-state index is 12.4. The second-order valence-electron chi connectivity index (χ2n) is 8.66. The topological polar surface area (TPSA) is 103 Å². The third-order valence-electron chi connectivity index (χ3n) is 6.61. The number of aromatic nitrogens is 6. The van der Waals surface area contributed by atoms with Crippen molar-refractivity contribution in [3.05, 3.63) is 112 Å². The number of methoxy groups -OCH3 is 1. The summed E-state index contributed by atoms with van der Waals surface area (Å²) in [7, 11) is 3.47. The molecule has 2 atom stereocenters. The quantitative estimate of drug-likeness (QED) is 0.369. The van der Waals surface area contributed by atoms with Crippen LogP contribution in [0.2, 0.25) is 5.02 Å². The number of anilines is 2. The molecule has 180 valence electrons. The third-order valence-corrected chi connectivity index (χ3v) is 6.84. The van der Waals surface area contributed by atoms with E-state index in [4.69, 9.17) is 16.3 Å². The number of halogens is 1. The number of benzene rings is 3. The highest BCUT2D eigenvalue weighted by Gasteiger charge is 2.39. The minimum atomic E-state index is -1.49. The Bertz CT molecular complexity index is 1560. The maximum atomic E-state index is 12.4. The summed E-state index contributed by atoms with van der Waals surface area (Å²) in [6, 6.07) is 20.5. The molecule has 0 fully saturated rings. The molecule has 0 spiro atoms. The smallest absolute Gasteiger partial charge is 0.248 e. The van der Waals surface area contributed by atoms with E-state index in [1.54, 1.807) is 24.3 Å². The van der Waals surface area contributed by atoms with Crippen molar-refractivity contribution in [3.8, 4) is 5.75 Å². The van der Waals surface area contributed by atoms with E-state index < -0.39 is 5.60 Å². The molecule has 5 aromatic rings. The summed E-state index contributed by atoms with van der Waals surface area (Å²) in [5.74, 6) is 1.23. The van der Waals surface area contributed by atoms with Gasteiger partial charge in [0.2, 0.25) is 5.95 Å². The van der Waals surface area contributed by atoms with E-state index in [1.807, 2.05) is 78.3 Å². The number of hydrogen-bond acceptors (Lipinski definition) is 7. The number of aliphatic hydroxyl groups is 1. The number of tetrazole rings is 1. The minimum Gasteiger partial charge on any atom is -0.497 e. The van der Waals surface area contributed by atoms with Crippen LogP contribution in [-0.2, 0) is 12.6 Å². The van der Waals surface area contributed by atoms with E-state index in [0.717, 1.165) is 16.8 Å². The largest absolute Gasteiger partial charge is 0.497 e. The zero-order chi connectivity index (χ0) is 24.9. The molecule has 2 unspecified atom stereocenters. The van der Waals surface area contributed by atoms with Crippen LogP contribution in [0.5, 0.6) is 5.75 Å². The fourth-order valence-corrected chi connectivity index (χ4v) is 5.03. The van der Waals surface area contributed by atoms with E-state index >= 15 is 0 Å². The van der Waals surface area contributed by atoms with Gasteiger partial charge in [0, 0.05) is 23.3 Å². The first-order valence-corrected chi connectivity index (χ1v) is 11.7. The van der Waals surface area contributed by atoms with Crippen molar-refractivity contribution in [1.29, 1.82) is 0 Å². The van der Waals surface area contributed by atoms with Crippen LogP contribution in [0, 0.1) is 0 Å². The van der Waals surface area contributed by atoms with Gasteiger partial charge in [0.1, 0.15) is 11.8 Å². The molecule has 36 heavy (non-hydrogen) atoms. The Labute approximate surface area is 211 Å². The van der Waals surface area contributed by atoms with Crippen molar-refractivity contribution in [2.24, 2.45) is 7.05 Å². The molecule has 3 aromatic carbocycles. The molecule has 0 saturated heterocycles. The summed E-state index contributed by atoms with van der Waals surface area (Å²) in [6.45, 7) is 0. The molecular weight excluding hydrogens is 478 g/mol. The van der Waals surface area contributed by atoms with E-state index in [9.17, 15) is 5.11 Å². The lowest BCUT2D eigenvalue weighted by molar-refractivity contribution is 0.117. The van der Waals surface area contributed by atoms with Gasteiger partial charge in [-0.15, -0.1) is 0 Å². The number of aryl methyl sites for hydroxylation is 1. The molecule has 2 aromatic heterocycles.